The Morgan fingerprint density at radius 2 is 1.20 bits per heavy atom. The first-order valence-electron chi connectivity index (χ1n) is 10.9. The lowest BCUT2D eigenvalue weighted by molar-refractivity contribution is -0.122. The molecule has 3 aromatic rings. The summed E-state index contributed by atoms with van der Waals surface area (Å²) in [5.74, 6) is -2.20. The Hall–Kier alpha value is -4.79. The number of amides is 5. The Morgan fingerprint density at radius 3 is 1.83 bits per heavy atom. The third-order valence-corrected chi connectivity index (χ3v) is 5.42. The van der Waals surface area contributed by atoms with Crippen LogP contribution in [0.3, 0.4) is 0 Å². The van der Waals surface area contributed by atoms with Gasteiger partial charge in [-0.1, -0.05) is 42.5 Å². The molecule has 0 radical (unpaired) electrons. The number of nitrogens with zero attached hydrogens (tertiary/aromatic N) is 1. The molecule has 0 aliphatic carbocycles. The summed E-state index contributed by atoms with van der Waals surface area (Å²) in [6.07, 6.45) is 0.339. The lowest BCUT2D eigenvalue weighted by Gasteiger charge is -2.14. The van der Waals surface area contributed by atoms with Crippen molar-refractivity contribution in [2.24, 2.45) is 0 Å². The average molecular weight is 470 g/mol. The van der Waals surface area contributed by atoms with Gasteiger partial charge in [0.05, 0.1) is 12.2 Å². The van der Waals surface area contributed by atoms with Crippen molar-refractivity contribution in [3.63, 3.8) is 0 Å². The molecule has 1 aliphatic rings. The molecule has 5 amide bonds. The fourth-order valence-electron chi connectivity index (χ4n) is 3.58. The summed E-state index contributed by atoms with van der Waals surface area (Å²) in [5.41, 5.74) is 7.49. The summed E-state index contributed by atoms with van der Waals surface area (Å²) < 4.78 is 0. The smallest absolute Gasteiger partial charge is 0.269 e. The van der Waals surface area contributed by atoms with Crippen molar-refractivity contribution in [2.75, 3.05) is 11.4 Å². The Morgan fingerprint density at radius 1 is 0.657 bits per heavy atom. The maximum absolute atomic E-state index is 12.3. The van der Waals surface area contributed by atoms with Crippen molar-refractivity contribution in [1.82, 2.24) is 16.2 Å². The first-order chi connectivity index (χ1) is 16.9. The van der Waals surface area contributed by atoms with E-state index in [-0.39, 0.29) is 36.8 Å². The van der Waals surface area contributed by atoms with Gasteiger partial charge in [-0.05, 0) is 47.5 Å². The minimum Gasteiger partial charge on any atom is -0.343 e. The normalized spacial score (nSPS) is 12.9. The van der Waals surface area contributed by atoms with Crippen molar-refractivity contribution in [3.05, 3.63) is 90.0 Å². The number of hydrogen-bond donors (Lipinski definition) is 3. The zero-order valence-corrected chi connectivity index (χ0v) is 18.6. The van der Waals surface area contributed by atoms with E-state index in [1.54, 1.807) is 12.1 Å². The predicted molar refractivity (Wildman–Crippen MR) is 128 cm³/mol. The van der Waals surface area contributed by atoms with Crippen molar-refractivity contribution >= 4 is 35.2 Å². The lowest BCUT2D eigenvalue weighted by atomic mass is 10.0. The number of benzene rings is 3. The van der Waals surface area contributed by atoms with E-state index in [2.05, 4.69) is 16.2 Å². The van der Waals surface area contributed by atoms with Crippen LogP contribution in [0.5, 0.6) is 0 Å². The fourth-order valence-corrected chi connectivity index (χ4v) is 3.58. The molecule has 0 atom stereocenters. The number of rotatable bonds is 6. The molecule has 35 heavy (non-hydrogen) atoms. The van der Waals surface area contributed by atoms with Crippen LogP contribution >= 0.6 is 0 Å². The maximum Gasteiger partial charge on any atom is 0.269 e. The van der Waals surface area contributed by atoms with Gasteiger partial charge in [-0.25, -0.2) is 0 Å². The molecule has 0 unspecified atom stereocenters. The van der Waals surface area contributed by atoms with Gasteiger partial charge in [-0.15, -0.1) is 0 Å². The molecule has 0 saturated carbocycles. The Bertz CT molecular complexity index is 1260. The van der Waals surface area contributed by atoms with E-state index >= 15 is 0 Å². The average Bonchev–Trinajstić information content (AvgIpc) is 3.24. The van der Waals surface area contributed by atoms with Crippen LogP contribution in [0.1, 0.15) is 33.6 Å². The molecule has 3 N–H and O–H groups in total. The highest BCUT2D eigenvalue weighted by Crippen LogP contribution is 2.23. The van der Waals surface area contributed by atoms with Crippen LogP contribution in [0.4, 0.5) is 5.69 Å². The van der Waals surface area contributed by atoms with Gasteiger partial charge >= 0.3 is 0 Å². The molecule has 1 heterocycles. The number of imide groups is 1. The third-order valence-electron chi connectivity index (χ3n) is 5.42. The standard InChI is InChI=1S/C26H22N4O5/c31-22(16-27-25(34)19-8-6-18(7-9-19)17-4-2-1-3-5-17)28-29-26(35)20-10-12-21(13-11-20)30-23(32)14-15-24(30)33/h1-13H,14-16H2,(H,27,34)(H,28,31)(H,29,35). The molecule has 3 aromatic carbocycles. The number of carbonyl (C=O) groups is 5. The third kappa shape index (κ3) is 5.59. The minimum atomic E-state index is -0.613. The van der Waals surface area contributed by atoms with Crippen LogP contribution in [-0.4, -0.2) is 36.1 Å². The first-order valence-corrected chi connectivity index (χ1v) is 10.9. The van der Waals surface area contributed by atoms with Crippen LogP contribution in [0.25, 0.3) is 11.1 Å². The molecule has 176 valence electrons. The molecule has 9 nitrogen and oxygen atoms in total. The van der Waals surface area contributed by atoms with Gasteiger partial charge in [-0.3, -0.25) is 39.7 Å². The summed E-state index contributed by atoms with van der Waals surface area (Å²) in [6.45, 7) is -0.336. The molecule has 1 fully saturated rings. The molecule has 0 bridgehead atoms. The van der Waals surface area contributed by atoms with E-state index in [0.29, 0.717) is 11.3 Å². The van der Waals surface area contributed by atoms with Crippen LogP contribution in [-0.2, 0) is 14.4 Å². The van der Waals surface area contributed by atoms with Gasteiger partial charge in [-0.2, -0.15) is 0 Å². The fraction of sp³-hybridized carbons (Fsp3) is 0.115. The second kappa shape index (κ2) is 10.4. The number of hydrogen-bond acceptors (Lipinski definition) is 5. The monoisotopic (exact) mass is 470 g/mol. The van der Waals surface area contributed by atoms with E-state index in [1.165, 1.54) is 24.3 Å². The number of anilines is 1. The van der Waals surface area contributed by atoms with Crippen molar-refractivity contribution < 1.29 is 24.0 Å². The summed E-state index contributed by atoms with van der Waals surface area (Å²) in [5, 5.41) is 2.50. The topological polar surface area (TPSA) is 125 Å². The first kappa shape index (κ1) is 23.4. The molecular weight excluding hydrogens is 448 g/mol. The Kier molecular flexibility index (Phi) is 6.96. The molecule has 1 saturated heterocycles. The SMILES string of the molecule is O=C(CNC(=O)c1ccc(-c2ccccc2)cc1)NNC(=O)c1ccc(N2C(=O)CCC2=O)cc1. The summed E-state index contributed by atoms with van der Waals surface area (Å²) in [7, 11) is 0. The van der Waals surface area contributed by atoms with Crippen LogP contribution in [0, 0.1) is 0 Å². The van der Waals surface area contributed by atoms with E-state index < -0.39 is 17.7 Å². The lowest BCUT2D eigenvalue weighted by Crippen LogP contribution is -2.46. The molecule has 9 heteroatoms. The van der Waals surface area contributed by atoms with Crippen LogP contribution in [0.2, 0.25) is 0 Å². The van der Waals surface area contributed by atoms with Gasteiger partial charge in [0.2, 0.25) is 11.8 Å². The van der Waals surface area contributed by atoms with Gasteiger partial charge in [0.25, 0.3) is 17.7 Å². The highest BCUT2D eigenvalue weighted by atomic mass is 16.2. The van der Waals surface area contributed by atoms with Crippen molar-refractivity contribution in [2.45, 2.75) is 12.8 Å². The molecular formula is C26H22N4O5. The Labute approximate surface area is 201 Å². The molecule has 0 spiro atoms. The highest BCUT2D eigenvalue weighted by Gasteiger charge is 2.30. The van der Waals surface area contributed by atoms with Crippen LogP contribution in [0.15, 0.2) is 78.9 Å². The van der Waals surface area contributed by atoms with Crippen LogP contribution < -0.4 is 21.1 Å². The summed E-state index contributed by atoms with van der Waals surface area (Å²) in [4.78, 5) is 61.3. The van der Waals surface area contributed by atoms with Gasteiger partial charge in [0.1, 0.15) is 0 Å². The molecule has 1 aliphatic heterocycles. The molecule has 0 aromatic heterocycles. The van der Waals surface area contributed by atoms with E-state index in [1.807, 2.05) is 42.5 Å². The molecule has 4 rings (SSSR count). The Balaban J connectivity index is 1.24. The van der Waals surface area contributed by atoms with Gasteiger partial charge in [0.15, 0.2) is 0 Å². The van der Waals surface area contributed by atoms with E-state index in [9.17, 15) is 24.0 Å². The highest BCUT2D eigenvalue weighted by molar-refractivity contribution is 6.19. The maximum atomic E-state index is 12.3. The van der Waals surface area contributed by atoms with Crippen molar-refractivity contribution in [3.8, 4) is 11.1 Å². The number of nitrogens with one attached hydrogen (secondary N) is 3. The second-order valence-corrected chi connectivity index (χ2v) is 7.80. The minimum absolute atomic E-state index is 0.169. The quantitative estimate of drug-likeness (QED) is 0.376. The van der Waals surface area contributed by atoms with Crippen molar-refractivity contribution in [1.29, 1.82) is 0 Å². The largest absolute Gasteiger partial charge is 0.343 e. The summed E-state index contributed by atoms with van der Waals surface area (Å²) >= 11 is 0. The predicted octanol–water partition coefficient (Wildman–Crippen LogP) is 2.20. The summed E-state index contributed by atoms with van der Waals surface area (Å²) in [6, 6.07) is 22.6. The number of carbonyl (C=O) groups excluding carboxylic acids is 5. The zero-order chi connectivity index (χ0) is 24.8. The number of hydrazine groups is 1. The second-order valence-electron chi connectivity index (χ2n) is 7.80. The van der Waals surface area contributed by atoms with E-state index in [0.717, 1.165) is 16.0 Å². The van der Waals surface area contributed by atoms with Gasteiger partial charge in [0, 0.05) is 24.0 Å². The van der Waals surface area contributed by atoms with E-state index in [4.69, 9.17) is 0 Å². The zero-order valence-electron chi connectivity index (χ0n) is 18.6. The van der Waals surface area contributed by atoms with Gasteiger partial charge < -0.3 is 5.32 Å².